The normalized spacial score (nSPS) is 11.1. The number of benzene rings is 3. The van der Waals surface area contributed by atoms with Gasteiger partial charge >= 0.3 is 17.9 Å². The maximum atomic E-state index is 14.1. The van der Waals surface area contributed by atoms with Crippen molar-refractivity contribution in [2.24, 2.45) is 0 Å². The monoisotopic (exact) mass is 1050 g/mol. The minimum absolute atomic E-state index is 0.0318. The topological polar surface area (TPSA) is 255 Å². The minimum Gasteiger partial charge on any atom is -0.478 e. The fourth-order valence-electron chi connectivity index (χ4n) is 8.74. The van der Waals surface area contributed by atoms with Gasteiger partial charge in [-0.15, -0.1) is 0 Å². The molecule has 7 aromatic heterocycles. The van der Waals surface area contributed by atoms with E-state index in [-0.39, 0.29) is 33.7 Å². The second-order valence-corrected chi connectivity index (χ2v) is 16.9. The first-order valence-electron chi connectivity index (χ1n) is 24.0. The number of carboxylic acid groups (broad SMARTS) is 1. The standard InChI is InChI=1S/C23H18FN7O2.C18H15FN2O2.C17H13FN2O2/c1-12(30-22-15(10-25)21(26)28-11-29-22)20-19(17-5-3-4-8-27-17)18(23(32)33-2)14-9-13(24)6-7-16(14)31-20;1-3-13-17(15-6-4-5-9-20-15)16(18(22)23-2)12-10-11(19)7-8-14(12)21-13;1-2-12-16(14-5-3-4-8-19-14)15(17(21)22)11-9-10(18)6-7-13(11)20-12/h3-9,11-12H,1-2H3,(H3,26,28,29,30);4-10H,3H2,1-2H3;3-9H,2H2,1H3,(H,21,22). The lowest BCUT2D eigenvalue weighted by Crippen LogP contribution is -2.17. The number of pyridine rings is 6. The molecule has 78 heavy (non-hydrogen) atoms. The zero-order valence-electron chi connectivity index (χ0n) is 42.4. The summed E-state index contributed by atoms with van der Waals surface area (Å²) in [6.07, 6.45) is 7.22. The molecule has 390 valence electrons. The van der Waals surface area contributed by atoms with Crippen molar-refractivity contribution in [3.8, 4) is 39.8 Å². The number of methoxy groups -OCH3 is 2. The van der Waals surface area contributed by atoms with E-state index in [1.54, 1.807) is 80.1 Å². The van der Waals surface area contributed by atoms with Gasteiger partial charge in [-0.05, 0) is 111 Å². The van der Waals surface area contributed by atoms with Crippen molar-refractivity contribution in [1.82, 2.24) is 39.9 Å². The molecule has 10 rings (SSSR count). The van der Waals surface area contributed by atoms with Crippen molar-refractivity contribution in [3.63, 3.8) is 0 Å². The summed E-state index contributed by atoms with van der Waals surface area (Å²) in [4.78, 5) is 71.8. The number of nitrogens with two attached hydrogens (primary N) is 1. The number of halogens is 3. The Hall–Kier alpha value is -10.3. The Bertz CT molecular complexity index is 3950. The number of rotatable bonds is 11. The summed E-state index contributed by atoms with van der Waals surface area (Å²) in [7, 11) is 2.56. The van der Waals surface area contributed by atoms with Crippen LogP contribution in [0.2, 0.25) is 0 Å². The molecule has 10 aromatic rings. The molecule has 0 aliphatic rings. The molecule has 17 nitrogen and oxygen atoms in total. The maximum absolute atomic E-state index is 14.1. The summed E-state index contributed by atoms with van der Waals surface area (Å²) in [6, 6.07) is 29.5. The number of hydrogen-bond donors (Lipinski definition) is 3. The molecule has 1 unspecified atom stereocenters. The lowest BCUT2D eigenvalue weighted by atomic mass is 9.94. The molecule has 0 spiro atoms. The molecule has 0 radical (unpaired) electrons. The Morgan fingerprint density at radius 3 is 1.45 bits per heavy atom. The van der Waals surface area contributed by atoms with Crippen LogP contribution < -0.4 is 11.1 Å². The first-order chi connectivity index (χ1) is 37.7. The number of nitrogens with one attached hydrogen (secondary N) is 1. The van der Waals surface area contributed by atoms with Crippen molar-refractivity contribution in [2.75, 3.05) is 25.3 Å². The molecule has 4 N–H and O–H groups in total. The first-order valence-corrected chi connectivity index (χ1v) is 24.0. The molecule has 1 atom stereocenters. The summed E-state index contributed by atoms with van der Waals surface area (Å²) < 4.78 is 51.3. The third-order valence-corrected chi connectivity index (χ3v) is 12.2. The molecular weight excluding hydrogens is 1000 g/mol. The van der Waals surface area contributed by atoms with Crippen LogP contribution in [-0.4, -0.2) is 77.1 Å². The Balaban J connectivity index is 0.000000159. The zero-order valence-corrected chi connectivity index (χ0v) is 42.4. The van der Waals surface area contributed by atoms with Gasteiger partial charge in [0, 0.05) is 51.4 Å². The SMILES string of the molecule is CCc1nc2ccc(F)cc2c(C(=O)O)c1-c1ccccn1.CCc1nc2ccc(F)cc2c(C(=O)OC)c1-c1ccccn1.COC(=O)c1c(-c2ccccn2)c(C(C)Nc2ncnc(N)c2C#N)nc2ccc(F)cc12. The van der Waals surface area contributed by atoms with Gasteiger partial charge in [-0.25, -0.2) is 42.5 Å². The molecule has 0 aliphatic heterocycles. The van der Waals surface area contributed by atoms with Gasteiger partial charge in [0.1, 0.15) is 47.0 Å². The van der Waals surface area contributed by atoms with Crippen LogP contribution in [0.5, 0.6) is 0 Å². The summed E-state index contributed by atoms with van der Waals surface area (Å²) >= 11 is 0. The largest absolute Gasteiger partial charge is 0.478 e. The van der Waals surface area contributed by atoms with Gasteiger partial charge in [-0.3, -0.25) is 24.9 Å². The predicted octanol–water partition coefficient (Wildman–Crippen LogP) is 11.1. The third-order valence-electron chi connectivity index (χ3n) is 12.2. The number of carbonyl (C=O) groups is 3. The van der Waals surface area contributed by atoms with E-state index in [2.05, 4.69) is 40.2 Å². The van der Waals surface area contributed by atoms with Crippen LogP contribution in [-0.2, 0) is 22.3 Å². The smallest absolute Gasteiger partial charge is 0.339 e. The summed E-state index contributed by atoms with van der Waals surface area (Å²) in [5.74, 6) is -3.50. The highest BCUT2D eigenvalue weighted by Crippen LogP contribution is 2.38. The van der Waals surface area contributed by atoms with Crippen molar-refractivity contribution >= 4 is 62.3 Å². The van der Waals surface area contributed by atoms with Crippen LogP contribution in [0.4, 0.5) is 24.8 Å². The van der Waals surface area contributed by atoms with E-state index in [9.17, 15) is 37.9 Å². The van der Waals surface area contributed by atoms with Gasteiger partial charge in [0.25, 0.3) is 0 Å². The van der Waals surface area contributed by atoms with E-state index in [0.29, 0.717) is 90.9 Å². The maximum Gasteiger partial charge on any atom is 0.339 e. The number of carboxylic acids is 1. The number of hydrogen-bond acceptors (Lipinski definition) is 16. The number of carbonyl (C=O) groups excluding carboxylic acids is 2. The fraction of sp³-hybridized carbons (Fsp3) is 0.138. The Morgan fingerprint density at radius 2 is 1.04 bits per heavy atom. The Morgan fingerprint density at radius 1 is 0.615 bits per heavy atom. The second kappa shape index (κ2) is 23.9. The number of aryl methyl sites for hydroxylation is 2. The fourth-order valence-corrected chi connectivity index (χ4v) is 8.74. The van der Waals surface area contributed by atoms with Gasteiger partial charge in [0.05, 0.1) is 87.7 Å². The van der Waals surface area contributed by atoms with E-state index in [4.69, 9.17) is 20.2 Å². The van der Waals surface area contributed by atoms with Crippen LogP contribution in [0.25, 0.3) is 66.5 Å². The highest BCUT2D eigenvalue weighted by molar-refractivity contribution is 6.11. The summed E-state index contributed by atoms with van der Waals surface area (Å²) in [5.41, 5.74) is 12.6. The van der Waals surface area contributed by atoms with Crippen LogP contribution in [0.1, 0.15) is 80.5 Å². The van der Waals surface area contributed by atoms with Crippen molar-refractivity contribution < 1.29 is 42.1 Å². The van der Waals surface area contributed by atoms with Gasteiger partial charge in [-0.1, -0.05) is 32.0 Å². The molecule has 0 saturated heterocycles. The number of esters is 2. The second-order valence-electron chi connectivity index (χ2n) is 16.9. The molecule has 20 heteroatoms. The van der Waals surface area contributed by atoms with Crippen LogP contribution in [0.15, 0.2) is 134 Å². The number of nitriles is 1. The van der Waals surface area contributed by atoms with E-state index >= 15 is 0 Å². The van der Waals surface area contributed by atoms with Crippen molar-refractivity contribution in [3.05, 3.63) is 191 Å². The van der Waals surface area contributed by atoms with E-state index in [1.165, 1.54) is 69.1 Å². The van der Waals surface area contributed by atoms with Gasteiger partial charge < -0.3 is 25.6 Å². The van der Waals surface area contributed by atoms with Gasteiger partial charge in [0.15, 0.2) is 0 Å². The average molecular weight is 1050 g/mol. The predicted molar refractivity (Wildman–Crippen MR) is 286 cm³/mol. The number of aromatic nitrogens is 8. The lowest BCUT2D eigenvalue weighted by molar-refractivity contribution is 0.0594. The van der Waals surface area contributed by atoms with Crippen LogP contribution >= 0.6 is 0 Å². The summed E-state index contributed by atoms with van der Waals surface area (Å²) in [6.45, 7) is 5.63. The highest BCUT2D eigenvalue weighted by atomic mass is 19.1. The molecular formula is C58H46F3N11O6. The van der Waals surface area contributed by atoms with Crippen molar-refractivity contribution in [1.29, 1.82) is 5.26 Å². The number of nitrogen functional groups attached to an aromatic ring is 1. The van der Waals surface area contributed by atoms with Gasteiger partial charge in [-0.2, -0.15) is 5.26 Å². The molecule has 0 amide bonds. The lowest BCUT2D eigenvalue weighted by Gasteiger charge is -2.21. The number of nitrogens with zero attached hydrogens (tertiary/aromatic N) is 9. The van der Waals surface area contributed by atoms with E-state index in [1.807, 2.05) is 26.0 Å². The van der Waals surface area contributed by atoms with Gasteiger partial charge in [0.2, 0.25) is 0 Å². The third kappa shape index (κ3) is 11.2. The number of anilines is 2. The molecule has 0 fully saturated rings. The van der Waals surface area contributed by atoms with Crippen LogP contribution in [0.3, 0.4) is 0 Å². The Labute approximate surface area is 443 Å². The first kappa shape index (κ1) is 54.0. The summed E-state index contributed by atoms with van der Waals surface area (Å²) in [5, 5.41) is 23.2. The quantitative estimate of drug-likeness (QED) is 0.102. The zero-order chi connectivity index (χ0) is 55.6. The molecule has 0 bridgehead atoms. The number of ether oxygens (including phenoxy) is 2. The van der Waals surface area contributed by atoms with E-state index in [0.717, 1.165) is 5.69 Å². The minimum atomic E-state index is -1.12. The van der Waals surface area contributed by atoms with Crippen LogP contribution in [0, 0.1) is 28.8 Å². The average Bonchev–Trinajstić information content (AvgIpc) is 3.65. The highest BCUT2D eigenvalue weighted by Gasteiger charge is 2.28. The molecule has 0 aliphatic carbocycles. The molecule has 0 saturated carbocycles. The number of aromatic carboxylic acids is 1. The molecule has 7 heterocycles. The van der Waals surface area contributed by atoms with Crippen molar-refractivity contribution in [2.45, 2.75) is 39.7 Å². The number of fused-ring (bicyclic) bond motifs is 3. The Kier molecular flexibility index (Phi) is 16.6. The molecule has 3 aromatic carbocycles. The van der Waals surface area contributed by atoms with E-state index < -0.39 is 41.4 Å².